The highest BCUT2D eigenvalue weighted by Crippen LogP contribution is 2.27. The molecule has 5 heteroatoms. The number of hydrogen-bond acceptors (Lipinski definition) is 4. The van der Waals surface area contributed by atoms with E-state index in [4.69, 9.17) is 0 Å². The summed E-state index contributed by atoms with van der Waals surface area (Å²) >= 11 is 1.59. The molecule has 0 aromatic carbocycles. The molecule has 3 aromatic rings. The normalized spacial score (nSPS) is 10.9. The van der Waals surface area contributed by atoms with Crippen LogP contribution in [0, 0.1) is 6.92 Å². The molecular formula is C12H9N3OS. The van der Waals surface area contributed by atoms with Crippen LogP contribution < -0.4 is 0 Å². The highest BCUT2D eigenvalue weighted by molar-refractivity contribution is 7.13. The Hall–Kier alpha value is -2.01. The molecule has 84 valence electrons. The maximum absolute atomic E-state index is 10.8. The Kier molecular flexibility index (Phi) is 2.26. The van der Waals surface area contributed by atoms with Gasteiger partial charge in [-0.1, -0.05) is 6.07 Å². The Morgan fingerprint density at radius 3 is 3.00 bits per heavy atom. The van der Waals surface area contributed by atoms with E-state index in [0.717, 1.165) is 28.2 Å². The van der Waals surface area contributed by atoms with Gasteiger partial charge in [0.25, 0.3) is 0 Å². The predicted molar refractivity (Wildman–Crippen MR) is 66.4 cm³/mol. The molecule has 0 fully saturated rings. The average Bonchev–Trinajstić information content (AvgIpc) is 2.93. The van der Waals surface area contributed by atoms with Gasteiger partial charge in [-0.05, 0) is 19.1 Å². The molecular weight excluding hydrogens is 234 g/mol. The van der Waals surface area contributed by atoms with Gasteiger partial charge in [0.05, 0.1) is 21.8 Å². The molecule has 0 aliphatic rings. The second-order valence-corrected chi connectivity index (χ2v) is 4.54. The number of rotatable bonds is 2. The molecule has 0 spiro atoms. The fourth-order valence-electron chi connectivity index (χ4n) is 1.82. The first-order valence-electron chi connectivity index (χ1n) is 5.13. The lowest BCUT2D eigenvalue weighted by Crippen LogP contribution is -1.89. The zero-order valence-electron chi connectivity index (χ0n) is 9.12. The van der Waals surface area contributed by atoms with Gasteiger partial charge < -0.3 is 0 Å². The molecule has 3 heterocycles. The second kappa shape index (κ2) is 3.78. The van der Waals surface area contributed by atoms with Crippen LogP contribution in [0.2, 0.25) is 0 Å². The number of fused-ring (bicyclic) bond motifs is 1. The molecule has 0 aliphatic heterocycles. The fraction of sp³-hybridized carbons (Fsp3) is 0.0833. The van der Waals surface area contributed by atoms with Crippen molar-refractivity contribution in [3.05, 3.63) is 41.3 Å². The van der Waals surface area contributed by atoms with Crippen molar-refractivity contribution in [3.8, 4) is 10.6 Å². The summed E-state index contributed by atoms with van der Waals surface area (Å²) in [6.45, 7) is 1.97. The van der Waals surface area contributed by atoms with Gasteiger partial charge in [0.1, 0.15) is 11.3 Å². The van der Waals surface area contributed by atoms with E-state index < -0.39 is 0 Å². The van der Waals surface area contributed by atoms with Crippen LogP contribution in [0.1, 0.15) is 16.2 Å². The van der Waals surface area contributed by atoms with Gasteiger partial charge in [-0.15, -0.1) is 11.3 Å². The summed E-state index contributed by atoms with van der Waals surface area (Å²) in [5.74, 6) is 0. The lowest BCUT2D eigenvalue weighted by atomic mass is 10.2. The van der Waals surface area contributed by atoms with E-state index in [1.54, 1.807) is 17.5 Å². The van der Waals surface area contributed by atoms with E-state index in [2.05, 4.69) is 9.97 Å². The van der Waals surface area contributed by atoms with Crippen molar-refractivity contribution in [3.63, 3.8) is 0 Å². The summed E-state index contributed by atoms with van der Waals surface area (Å²) in [6.07, 6.45) is 2.51. The Morgan fingerprint density at radius 1 is 1.41 bits per heavy atom. The molecule has 0 bridgehead atoms. The number of thiazole rings is 1. The standard InChI is InChI=1S/C12H9N3OS/c1-8-12(17-7-13-8)10-3-2-4-11-14-9(6-16)5-15(10)11/h2-7H,1H3. The number of pyridine rings is 1. The van der Waals surface area contributed by atoms with E-state index in [0.29, 0.717) is 5.69 Å². The first kappa shape index (κ1) is 10.2. The minimum Gasteiger partial charge on any atom is -0.298 e. The molecule has 0 saturated carbocycles. The van der Waals surface area contributed by atoms with Crippen LogP contribution in [0.4, 0.5) is 0 Å². The number of aromatic nitrogens is 3. The van der Waals surface area contributed by atoms with Crippen molar-refractivity contribution in [2.45, 2.75) is 6.92 Å². The van der Waals surface area contributed by atoms with Crippen molar-refractivity contribution >= 4 is 23.3 Å². The maximum atomic E-state index is 10.8. The lowest BCUT2D eigenvalue weighted by molar-refractivity contribution is 0.111. The second-order valence-electron chi connectivity index (χ2n) is 3.69. The van der Waals surface area contributed by atoms with Gasteiger partial charge in [0.2, 0.25) is 0 Å². The molecule has 3 aromatic heterocycles. The van der Waals surface area contributed by atoms with E-state index in [-0.39, 0.29) is 0 Å². The zero-order valence-corrected chi connectivity index (χ0v) is 9.94. The van der Waals surface area contributed by atoms with Crippen LogP contribution in [-0.4, -0.2) is 20.7 Å². The predicted octanol–water partition coefficient (Wildman–Crippen LogP) is 2.58. The number of hydrogen-bond donors (Lipinski definition) is 0. The average molecular weight is 243 g/mol. The molecule has 3 rings (SSSR count). The third-order valence-corrected chi connectivity index (χ3v) is 3.56. The van der Waals surface area contributed by atoms with Crippen molar-refractivity contribution in [2.24, 2.45) is 0 Å². The van der Waals surface area contributed by atoms with Crippen LogP contribution in [0.25, 0.3) is 16.2 Å². The van der Waals surface area contributed by atoms with Crippen LogP contribution >= 0.6 is 11.3 Å². The van der Waals surface area contributed by atoms with E-state index in [1.165, 1.54) is 0 Å². The summed E-state index contributed by atoms with van der Waals surface area (Å²) in [5, 5.41) is 0. The maximum Gasteiger partial charge on any atom is 0.170 e. The minimum absolute atomic E-state index is 0.444. The van der Waals surface area contributed by atoms with E-state index in [9.17, 15) is 4.79 Å². The van der Waals surface area contributed by atoms with Crippen LogP contribution in [0.3, 0.4) is 0 Å². The topological polar surface area (TPSA) is 47.3 Å². The first-order chi connectivity index (χ1) is 8.29. The van der Waals surface area contributed by atoms with Crippen molar-refractivity contribution < 1.29 is 4.79 Å². The third-order valence-electron chi connectivity index (χ3n) is 2.61. The minimum atomic E-state index is 0.444. The quantitative estimate of drug-likeness (QED) is 0.650. The van der Waals surface area contributed by atoms with Gasteiger partial charge in [-0.25, -0.2) is 9.97 Å². The Balaban J connectivity index is 2.33. The summed E-state index contributed by atoms with van der Waals surface area (Å²) in [5.41, 5.74) is 5.05. The largest absolute Gasteiger partial charge is 0.298 e. The van der Waals surface area contributed by atoms with Gasteiger partial charge >= 0.3 is 0 Å². The van der Waals surface area contributed by atoms with E-state index >= 15 is 0 Å². The highest BCUT2D eigenvalue weighted by Gasteiger charge is 2.10. The molecule has 0 aliphatic carbocycles. The molecule has 0 saturated heterocycles. The summed E-state index contributed by atoms with van der Waals surface area (Å²) in [6, 6.07) is 5.82. The van der Waals surface area contributed by atoms with Crippen LogP contribution in [0.5, 0.6) is 0 Å². The van der Waals surface area contributed by atoms with Gasteiger partial charge in [-0.2, -0.15) is 0 Å². The summed E-state index contributed by atoms with van der Waals surface area (Å²) < 4.78 is 1.92. The Labute approximate surface area is 102 Å². The Morgan fingerprint density at radius 2 is 2.29 bits per heavy atom. The molecule has 0 radical (unpaired) electrons. The summed E-state index contributed by atoms with van der Waals surface area (Å²) in [4.78, 5) is 20.3. The van der Waals surface area contributed by atoms with Crippen LogP contribution in [-0.2, 0) is 0 Å². The van der Waals surface area contributed by atoms with Crippen molar-refractivity contribution in [1.82, 2.24) is 14.4 Å². The molecule has 0 atom stereocenters. The lowest BCUT2D eigenvalue weighted by Gasteiger charge is -2.02. The molecule has 0 unspecified atom stereocenters. The molecule has 17 heavy (non-hydrogen) atoms. The first-order valence-corrected chi connectivity index (χ1v) is 6.01. The summed E-state index contributed by atoms with van der Waals surface area (Å²) in [7, 11) is 0. The van der Waals surface area contributed by atoms with Crippen molar-refractivity contribution in [1.29, 1.82) is 0 Å². The highest BCUT2D eigenvalue weighted by atomic mass is 32.1. The third kappa shape index (κ3) is 1.55. The van der Waals surface area contributed by atoms with Gasteiger partial charge in [0, 0.05) is 6.20 Å². The SMILES string of the molecule is Cc1ncsc1-c1cccc2nc(C=O)cn12. The number of imidazole rings is 1. The van der Waals surface area contributed by atoms with Crippen molar-refractivity contribution in [2.75, 3.05) is 0 Å². The molecule has 4 nitrogen and oxygen atoms in total. The van der Waals surface area contributed by atoms with Gasteiger partial charge in [-0.3, -0.25) is 9.20 Å². The van der Waals surface area contributed by atoms with E-state index in [1.807, 2.05) is 35.0 Å². The number of carbonyl (C=O) groups excluding carboxylic acids is 1. The monoisotopic (exact) mass is 243 g/mol. The molecule has 0 amide bonds. The Bertz CT molecular complexity index is 699. The number of nitrogens with zero attached hydrogens (tertiary/aromatic N) is 3. The van der Waals surface area contributed by atoms with Gasteiger partial charge in [0.15, 0.2) is 6.29 Å². The number of aryl methyl sites for hydroxylation is 1. The van der Waals surface area contributed by atoms with Crippen LogP contribution in [0.15, 0.2) is 29.9 Å². The number of carbonyl (C=O) groups is 1. The smallest absolute Gasteiger partial charge is 0.170 e. The number of aldehydes is 1. The molecule has 0 N–H and O–H groups in total. The zero-order chi connectivity index (χ0) is 11.8. The fourth-order valence-corrected chi connectivity index (χ4v) is 2.65.